The first kappa shape index (κ1) is 16.0. The molecule has 0 saturated heterocycles. The lowest BCUT2D eigenvalue weighted by atomic mass is 10.1. The molecular formula is C16H23N5O. The van der Waals surface area contributed by atoms with E-state index < -0.39 is 0 Å². The van der Waals surface area contributed by atoms with Crippen LogP contribution in [0.4, 0.5) is 5.69 Å². The number of anilines is 1. The Morgan fingerprint density at radius 2 is 2.14 bits per heavy atom. The number of carbonyl (C=O) groups is 1. The Morgan fingerprint density at radius 3 is 2.82 bits per heavy atom. The molecule has 0 atom stereocenters. The summed E-state index contributed by atoms with van der Waals surface area (Å²) in [5.41, 5.74) is 2.12. The van der Waals surface area contributed by atoms with Crippen LogP contribution in [0.1, 0.15) is 35.2 Å². The van der Waals surface area contributed by atoms with Gasteiger partial charge in [-0.3, -0.25) is 9.79 Å². The second-order valence-corrected chi connectivity index (χ2v) is 5.16. The minimum absolute atomic E-state index is 0.147. The summed E-state index contributed by atoms with van der Waals surface area (Å²) in [6.45, 7) is 2.45. The fraction of sp³-hybridized carbons (Fsp3) is 0.438. The average molecular weight is 301 g/mol. The van der Waals surface area contributed by atoms with Crippen molar-refractivity contribution in [3.63, 3.8) is 0 Å². The van der Waals surface area contributed by atoms with Gasteiger partial charge in [-0.25, -0.2) is 0 Å². The molecule has 118 valence electrons. The van der Waals surface area contributed by atoms with Crippen LogP contribution >= 0.6 is 0 Å². The van der Waals surface area contributed by atoms with Crippen molar-refractivity contribution < 1.29 is 4.79 Å². The van der Waals surface area contributed by atoms with E-state index in [0.29, 0.717) is 11.1 Å². The van der Waals surface area contributed by atoms with E-state index >= 15 is 0 Å². The molecular weight excluding hydrogens is 278 g/mol. The molecule has 4 N–H and O–H groups in total. The van der Waals surface area contributed by atoms with E-state index in [2.05, 4.69) is 20.9 Å². The third-order valence-electron chi connectivity index (χ3n) is 3.59. The molecule has 0 spiro atoms. The smallest absolute Gasteiger partial charge is 0.251 e. The number of rotatable bonds is 6. The number of hydrogen-bond acceptors (Lipinski definition) is 5. The molecule has 22 heavy (non-hydrogen) atoms. The molecule has 6 heteroatoms. The lowest BCUT2D eigenvalue weighted by Crippen LogP contribution is -2.30. The molecule has 1 aliphatic rings. The van der Waals surface area contributed by atoms with Crippen molar-refractivity contribution in [2.45, 2.75) is 19.3 Å². The van der Waals surface area contributed by atoms with Gasteiger partial charge in [0.25, 0.3) is 5.91 Å². The lowest BCUT2D eigenvalue weighted by Gasteiger charge is -2.15. The van der Waals surface area contributed by atoms with Crippen LogP contribution < -0.4 is 16.0 Å². The number of benzene rings is 1. The highest BCUT2D eigenvalue weighted by Gasteiger charge is 2.07. The van der Waals surface area contributed by atoms with E-state index in [9.17, 15) is 4.79 Å². The van der Waals surface area contributed by atoms with Crippen molar-refractivity contribution in [1.29, 1.82) is 5.41 Å². The number of aliphatic imine (C=N–C) groups is 1. The molecule has 0 radical (unpaired) electrons. The molecule has 0 saturated carbocycles. The van der Waals surface area contributed by atoms with Gasteiger partial charge in [0.1, 0.15) is 0 Å². The largest absolute Gasteiger partial charge is 0.383 e. The van der Waals surface area contributed by atoms with Crippen LogP contribution in [-0.2, 0) is 0 Å². The molecule has 1 aromatic carbocycles. The molecule has 0 aromatic heterocycles. The summed E-state index contributed by atoms with van der Waals surface area (Å²) in [5, 5.41) is 16.7. The third kappa shape index (κ3) is 4.31. The molecule has 0 bridgehead atoms. The molecule has 0 unspecified atom stereocenters. The summed E-state index contributed by atoms with van der Waals surface area (Å²) >= 11 is 0. The second kappa shape index (κ2) is 8.17. The number of nitrogens with one attached hydrogen (secondary N) is 4. The van der Waals surface area contributed by atoms with Crippen molar-refractivity contribution in [1.82, 2.24) is 10.6 Å². The van der Waals surface area contributed by atoms with E-state index in [1.807, 2.05) is 6.07 Å². The van der Waals surface area contributed by atoms with Gasteiger partial charge in [-0.15, -0.1) is 0 Å². The van der Waals surface area contributed by atoms with E-state index in [-0.39, 0.29) is 5.91 Å². The Labute approximate surface area is 130 Å². The van der Waals surface area contributed by atoms with Gasteiger partial charge < -0.3 is 21.4 Å². The highest BCUT2D eigenvalue weighted by molar-refractivity contribution is 5.97. The highest BCUT2D eigenvalue weighted by atomic mass is 16.1. The summed E-state index contributed by atoms with van der Waals surface area (Å²) in [6, 6.07) is 5.31. The zero-order chi connectivity index (χ0) is 15.8. The van der Waals surface area contributed by atoms with Crippen LogP contribution in [0.3, 0.4) is 0 Å². The zero-order valence-electron chi connectivity index (χ0n) is 12.9. The van der Waals surface area contributed by atoms with Crippen LogP contribution in [0.5, 0.6) is 0 Å². The quantitative estimate of drug-likeness (QED) is 0.475. The maximum atomic E-state index is 11.6. The minimum atomic E-state index is -0.147. The first-order chi connectivity index (χ1) is 10.7. The number of amides is 1. The number of amidine groups is 1. The van der Waals surface area contributed by atoms with Crippen molar-refractivity contribution in [2.24, 2.45) is 4.99 Å². The normalized spacial score (nSPS) is 14.0. The number of hydrogen-bond donors (Lipinski definition) is 4. The van der Waals surface area contributed by atoms with Crippen LogP contribution in [0.25, 0.3) is 0 Å². The zero-order valence-corrected chi connectivity index (χ0v) is 12.9. The van der Waals surface area contributed by atoms with E-state index in [1.165, 1.54) is 19.1 Å². The second-order valence-electron chi connectivity index (χ2n) is 5.16. The number of nitrogens with zero attached hydrogens (tertiary/aromatic N) is 1. The van der Waals surface area contributed by atoms with E-state index in [0.717, 1.165) is 37.6 Å². The molecule has 0 aliphatic carbocycles. The first-order valence-electron chi connectivity index (χ1n) is 7.62. The summed E-state index contributed by atoms with van der Waals surface area (Å²) in [4.78, 5) is 16.0. The van der Waals surface area contributed by atoms with Gasteiger partial charge in [0.2, 0.25) is 0 Å². The predicted molar refractivity (Wildman–Crippen MR) is 90.4 cm³/mol. The third-order valence-corrected chi connectivity index (χ3v) is 3.59. The SMILES string of the molecule is CNC(=O)c1ccc(NCCNC2=NCCCC2)c(C=N)c1. The van der Waals surface area contributed by atoms with Gasteiger partial charge in [0.15, 0.2) is 0 Å². The van der Waals surface area contributed by atoms with Gasteiger partial charge in [0.05, 0.1) is 5.84 Å². The monoisotopic (exact) mass is 301 g/mol. The van der Waals surface area contributed by atoms with Crippen molar-refractivity contribution in [3.8, 4) is 0 Å². The lowest BCUT2D eigenvalue weighted by molar-refractivity contribution is 0.0963. The fourth-order valence-corrected chi connectivity index (χ4v) is 2.37. The Morgan fingerprint density at radius 1 is 1.32 bits per heavy atom. The minimum Gasteiger partial charge on any atom is -0.383 e. The molecule has 1 aromatic rings. The maximum Gasteiger partial charge on any atom is 0.251 e. The van der Waals surface area contributed by atoms with Crippen LogP contribution in [0, 0.1) is 5.41 Å². The number of carbonyl (C=O) groups excluding carboxylic acids is 1. The van der Waals surface area contributed by atoms with Gasteiger partial charge in [-0.2, -0.15) is 0 Å². The Kier molecular flexibility index (Phi) is 5.94. The molecule has 0 fully saturated rings. The molecule has 6 nitrogen and oxygen atoms in total. The predicted octanol–water partition coefficient (Wildman–Crippen LogP) is 1.63. The van der Waals surface area contributed by atoms with E-state index in [1.54, 1.807) is 19.2 Å². The van der Waals surface area contributed by atoms with Crippen LogP contribution in [0.2, 0.25) is 0 Å². The summed E-state index contributed by atoms with van der Waals surface area (Å²) < 4.78 is 0. The highest BCUT2D eigenvalue weighted by Crippen LogP contribution is 2.15. The first-order valence-corrected chi connectivity index (χ1v) is 7.62. The molecule has 1 heterocycles. The standard InChI is InChI=1S/C16H23N5O/c1-18-16(22)12-5-6-14(13(10-12)11-17)19-8-9-21-15-4-2-3-7-20-15/h5-6,10-11,17,19H,2-4,7-9H2,1H3,(H,18,22)(H,20,21). The van der Waals surface area contributed by atoms with Gasteiger partial charge in [0, 0.05) is 56.1 Å². The molecule has 1 amide bonds. The molecule has 1 aliphatic heterocycles. The van der Waals surface area contributed by atoms with Crippen molar-refractivity contribution in [2.75, 3.05) is 32.0 Å². The summed E-state index contributed by atoms with van der Waals surface area (Å²) in [6.07, 6.45) is 4.68. The maximum absolute atomic E-state index is 11.6. The Bertz CT molecular complexity index is 568. The van der Waals surface area contributed by atoms with Crippen molar-refractivity contribution in [3.05, 3.63) is 29.3 Å². The van der Waals surface area contributed by atoms with Crippen molar-refractivity contribution >= 4 is 23.6 Å². The van der Waals surface area contributed by atoms with Crippen LogP contribution in [-0.4, -0.2) is 44.6 Å². The van der Waals surface area contributed by atoms with Gasteiger partial charge in [-0.1, -0.05) is 0 Å². The summed E-state index contributed by atoms with van der Waals surface area (Å²) in [5.74, 6) is 0.946. The topological polar surface area (TPSA) is 89.4 Å². The fourth-order valence-electron chi connectivity index (χ4n) is 2.37. The Hall–Kier alpha value is -2.37. The Balaban J connectivity index is 1.87. The van der Waals surface area contributed by atoms with Crippen LogP contribution in [0.15, 0.2) is 23.2 Å². The summed E-state index contributed by atoms with van der Waals surface area (Å²) in [7, 11) is 1.60. The average Bonchev–Trinajstić information content (AvgIpc) is 2.59. The van der Waals surface area contributed by atoms with E-state index in [4.69, 9.17) is 5.41 Å². The van der Waals surface area contributed by atoms with Gasteiger partial charge in [-0.05, 0) is 31.0 Å². The molecule has 2 rings (SSSR count). The van der Waals surface area contributed by atoms with Gasteiger partial charge >= 0.3 is 0 Å².